The van der Waals surface area contributed by atoms with Gasteiger partial charge in [-0.05, 0) is 50.3 Å². The molecule has 2 atom stereocenters. The second-order valence-corrected chi connectivity index (χ2v) is 6.77. The summed E-state index contributed by atoms with van der Waals surface area (Å²) in [5.41, 5.74) is 1.00. The van der Waals surface area contributed by atoms with Crippen molar-refractivity contribution in [1.29, 1.82) is 0 Å². The van der Waals surface area contributed by atoms with Gasteiger partial charge in [-0.3, -0.25) is 14.7 Å². The van der Waals surface area contributed by atoms with E-state index in [1.165, 1.54) is 25.7 Å². The quantitative estimate of drug-likeness (QED) is 0.853. The van der Waals surface area contributed by atoms with Gasteiger partial charge in [-0.2, -0.15) is 0 Å². The van der Waals surface area contributed by atoms with Gasteiger partial charge in [-0.15, -0.1) is 0 Å². The van der Waals surface area contributed by atoms with Crippen LogP contribution in [0.4, 0.5) is 0 Å². The molecule has 0 unspecified atom stereocenters. The molecule has 1 aromatic heterocycles. The molecule has 4 nitrogen and oxygen atoms in total. The van der Waals surface area contributed by atoms with E-state index in [1.807, 2.05) is 29.3 Å². The molecule has 2 saturated heterocycles. The summed E-state index contributed by atoms with van der Waals surface area (Å²) in [6, 6.07) is 6.76. The molecule has 1 saturated carbocycles. The van der Waals surface area contributed by atoms with E-state index in [4.69, 9.17) is 0 Å². The lowest BCUT2D eigenvalue weighted by Crippen LogP contribution is -2.61. The van der Waals surface area contributed by atoms with Crippen LogP contribution in [0.2, 0.25) is 0 Å². The highest BCUT2D eigenvalue weighted by Gasteiger charge is 2.44. The van der Waals surface area contributed by atoms with Crippen LogP contribution in [0, 0.1) is 5.92 Å². The number of hydrogen-bond acceptors (Lipinski definition) is 3. The van der Waals surface area contributed by atoms with Crippen LogP contribution >= 0.6 is 0 Å². The minimum Gasteiger partial charge on any atom is -0.335 e. The fraction of sp³-hybridized carbons (Fsp3) is 0.647. The fourth-order valence-corrected chi connectivity index (χ4v) is 4.06. The predicted octanol–water partition coefficient (Wildman–Crippen LogP) is 2.06. The Balaban J connectivity index is 1.50. The van der Waals surface area contributed by atoms with E-state index in [-0.39, 0.29) is 6.04 Å². The zero-order chi connectivity index (χ0) is 14.2. The van der Waals surface area contributed by atoms with Crippen LogP contribution in [0.15, 0.2) is 24.4 Å². The minimum absolute atomic E-state index is 0.145. The van der Waals surface area contributed by atoms with Crippen LogP contribution in [-0.2, 0) is 11.3 Å². The number of aromatic nitrogens is 1. The van der Waals surface area contributed by atoms with Gasteiger partial charge in [0, 0.05) is 18.8 Å². The van der Waals surface area contributed by atoms with E-state index in [1.54, 1.807) is 0 Å². The Bertz CT molecular complexity index is 514. The number of pyridine rings is 1. The largest absolute Gasteiger partial charge is 0.335 e. The fourth-order valence-electron chi connectivity index (χ4n) is 4.06. The van der Waals surface area contributed by atoms with E-state index in [2.05, 4.69) is 9.88 Å². The lowest BCUT2D eigenvalue weighted by molar-refractivity contribution is -0.149. The summed E-state index contributed by atoms with van der Waals surface area (Å²) in [4.78, 5) is 21.8. The highest BCUT2D eigenvalue weighted by molar-refractivity contribution is 5.83. The highest BCUT2D eigenvalue weighted by atomic mass is 16.2. The topological polar surface area (TPSA) is 36.4 Å². The van der Waals surface area contributed by atoms with Gasteiger partial charge in [0.2, 0.25) is 5.91 Å². The van der Waals surface area contributed by atoms with Crippen molar-refractivity contribution in [1.82, 2.24) is 14.8 Å². The number of likely N-dealkylation sites (tertiary alicyclic amines) is 2. The Morgan fingerprint density at radius 2 is 2.14 bits per heavy atom. The van der Waals surface area contributed by atoms with Gasteiger partial charge in [0.05, 0.1) is 18.3 Å². The number of amides is 1. The molecule has 0 aromatic carbocycles. The van der Waals surface area contributed by atoms with Crippen LogP contribution in [-0.4, -0.2) is 45.9 Å². The summed E-state index contributed by atoms with van der Waals surface area (Å²) in [5, 5.41) is 0. The van der Waals surface area contributed by atoms with Gasteiger partial charge in [0.25, 0.3) is 0 Å². The van der Waals surface area contributed by atoms with Crippen LogP contribution in [0.1, 0.15) is 37.8 Å². The molecule has 4 rings (SSSR count). The van der Waals surface area contributed by atoms with Gasteiger partial charge >= 0.3 is 0 Å². The first-order valence-electron chi connectivity index (χ1n) is 8.26. The van der Waals surface area contributed by atoms with Crippen molar-refractivity contribution in [3.8, 4) is 0 Å². The Labute approximate surface area is 126 Å². The standard InChI is InChI=1S/C17H23N3O/c21-17-16-10-13(7-9-20(16)15-5-3-6-15)11-19(17)12-14-4-1-2-8-18-14/h1-2,4,8,13,15-16H,3,5-7,9-12H2/t13-,16+/m0/s1. The molecule has 0 spiro atoms. The Kier molecular flexibility index (Phi) is 3.42. The third kappa shape index (κ3) is 2.46. The molecular weight excluding hydrogens is 262 g/mol. The summed E-state index contributed by atoms with van der Waals surface area (Å²) in [7, 11) is 0. The third-order valence-electron chi connectivity index (χ3n) is 5.45. The van der Waals surface area contributed by atoms with Crippen LogP contribution in [0.25, 0.3) is 0 Å². The second kappa shape index (κ2) is 5.41. The molecule has 3 heterocycles. The summed E-state index contributed by atoms with van der Waals surface area (Å²) < 4.78 is 0. The van der Waals surface area contributed by atoms with E-state index in [0.717, 1.165) is 25.2 Å². The summed E-state index contributed by atoms with van der Waals surface area (Å²) in [6.07, 6.45) is 8.05. The molecule has 1 aliphatic carbocycles. The van der Waals surface area contributed by atoms with Crippen molar-refractivity contribution in [2.24, 2.45) is 5.92 Å². The van der Waals surface area contributed by atoms with Gasteiger partial charge in [-0.25, -0.2) is 0 Å². The monoisotopic (exact) mass is 285 g/mol. The first kappa shape index (κ1) is 13.3. The van der Waals surface area contributed by atoms with Crippen LogP contribution in [0.5, 0.6) is 0 Å². The molecule has 21 heavy (non-hydrogen) atoms. The number of piperidine rings is 2. The number of rotatable bonds is 3. The van der Waals surface area contributed by atoms with Crippen LogP contribution < -0.4 is 0 Å². The number of carbonyl (C=O) groups excluding carboxylic acids is 1. The highest BCUT2D eigenvalue weighted by Crippen LogP contribution is 2.36. The summed E-state index contributed by atoms with van der Waals surface area (Å²) in [5.74, 6) is 1.02. The normalized spacial score (nSPS) is 30.3. The van der Waals surface area contributed by atoms with Gasteiger partial charge in [0.1, 0.15) is 0 Å². The Morgan fingerprint density at radius 3 is 2.86 bits per heavy atom. The molecule has 1 amide bonds. The number of carbonyl (C=O) groups is 1. The smallest absolute Gasteiger partial charge is 0.240 e. The predicted molar refractivity (Wildman–Crippen MR) is 80.5 cm³/mol. The minimum atomic E-state index is 0.145. The first-order chi connectivity index (χ1) is 10.3. The lowest BCUT2D eigenvalue weighted by Gasteiger charge is -2.51. The third-order valence-corrected chi connectivity index (χ3v) is 5.45. The molecule has 112 valence electrons. The first-order valence-corrected chi connectivity index (χ1v) is 8.26. The van der Waals surface area contributed by atoms with Gasteiger partial charge in [0.15, 0.2) is 0 Å². The van der Waals surface area contributed by atoms with Crippen molar-refractivity contribution in [2.45, 2.75) is 50.7 Å². The average molecular weight is 285 g/mol. The van der Waals surface area contributed by atoms with Crippen molar-refractivity contribution in [3.05, 3.63) is 30.1 Å². The maximum absolute atomic E-state index is 12.9. The number of nitrogens with zero attached hydrogens (tertiary/aromatic N) is 3. The molecule has 0 radical (unpaired) electrons. The van der Waals surface area contributed by atoms with Crippen molar-refractivity contribution in [2.75, 3.05) is 13.1 Å². The zero-order valence-corrected chi connectivity index (χ0v) is 12.4. The molecule has 1 aromatic rings. The second-order valence-electron chi connectivity index (χ2n) is 6.77. The molecule has 3 fully saturated rings. The number of hydrogen-bond donors (Lipinski definition) is 0. The maximum Gasteiger partial charge on any atom is 0.240 e. The summed E-state index contributed by atoms with van der Waals surface area (Å²) in [6.45, 7) is 2.72. The van der Waals surface area contributed by atoms with Crippen LogP contribution in [0.3, 0.4) is 0 Å². The zero-order valence-electron chi connectivity index (χ0n) is 12.4. The van der Waals surface area contributed by atoms with E-state index >= 15 is 0 Å². The van der Waals surface area contributed by atoms with E-state index in [9.17, 15) is 4.79 Å². The van der Waals surface area contributed by atoms with Crippen molar-refractivity contribution >= 4 is 5.91 Å². The molecule has 2 aliphatic heterocycles. The molecule has 3 aliphatic rings. The van der Waals surface area contributed by atoms with E-state index in [0.29, 0.717) is 24.4 Å². The summed E-state index contributed by atoms with van der Waals surface area (Å²) >= 11 is 0. The molecule has 0 N–H and O–H groups in total. The SMILES string of the molecule is O=C1[C@H]2C[C@H](CCN2C2CCC2)CN1Cc1ccccn1. The van der Waals surface area contributed by atoms with Gasteiger partial charge < -0.3 is 4.90 Å². The molecular formula is C17H23N3O. The van der Waals surface area contributed by atoms with Crippen molar-refractivity contribution < 1.29 is 4.79 Å². The molecule has 4 heteroatoms. The Morgan fingerprint density at radius 1 is 1.24 bits per heavy atom. The lowest BCUT2D eigenvalue weighted by atomic mass is 9.81. The molecule has 2 bridgehead atoms. The average Bonchev–Trinajstić information content (AvgIpc) is 2.46. The maximum atomic E-state index is 12.9. The van der Waals surface area contributed by atoms with Crippen molar-refractivity contribution in [3.63, 3.8) is 0 Å². The Hall–Kier alpha value is -1.42. The van der Waals surface area contributed by atoms with Gasteiger partial charge in [-0.1, -0.05) is 12.5 Å². The van der Waals surface area contributed by atoms with E-state index < -0.39 is 0 Å². The number of fused-ring (bicyclic) bond motifs is 2.